The highest BCUT2D eigenvalue weighted by Gasteiger charge is 2.20. The Labute approximate surface area is 116 Å². The van der Waals surface area contributed by atoms with E-state index in [9.17, 15) is 9.90 Å². The van der Waals surface area contributed by atoms with Gasteiger partial charge in [0.05, 0.1) is 12.7 Å². The van der Waals surface area contributed by atoms with Gasteiger partial charge in [-0.05, 0) is 13.0 Å². The molecule has 0 fully saturated rings. The molecule has 0 saturated carbocycles. The number of hydrogen-bond donors (Lipinski definition) is 1. The highest BCUT2D eigenvalue weighted by atomic mass is 16.5. The zero-order valence-corrected chi connectivity index (χ0v) is 11.6. The number of fused-ring (bicyclic) bond motifs is 1. The Balaban J connectivity index is 2.16. The number of nitrogens with zero attached hydrogens (tertiary/aromatic N) is 5. The van der Waals surface area contributed by atoms with Crippen molar-refractivity contribution in [2.45, 2.75) is 13.0 Å². The summed E-state index contributed by atoms with van der Waals surface area (Å²) >= 11 is 0. The third-order valence-electron chi connectivity index (χ3n) is 2.81. The van der Waals surface area contributed by atoms with Crippen molar-refractivity contribution in [1.29, 1.82) is 0 Å². The van der Waals surface area contributed by atoms with Crippen LogP contribution in [0.5, 0.6) is 0 Å². The second kappa shape index (κ2) is 5.93. The summed E-state index contributed by atoms with van der Waals surface area (Å²) in [7, 11) is 3.07. The number of methoxy groups -OCH3 is 1. The average molecular weight is 279 g/mol. The molecule has 0 aromatic carbocycles. The maximum Gasteiger partial charge on any atom is 0.293 e. The van der Waals surface area contributed by atoms with E-state index in [1.807, 2.05) is 6.92 Å². The third-order valence-corrected chi connectivity index (χ3v) is 2.81. The molecule has 0 saturated heterocycles. The smallest absolute Gasteiger partial charge is 0.293 e. The van der Waals surface area contributed by atoms with Crippen LogP contribution in [0.1, 0.15) is 16.3 Å². The van der Waals surface area contributed by atoms with Gasteiger partial charge in [-0.1, -0.05) is 0 Å². The minimum atomic E-state index is -0.745. The van der Waals surface area contributed by atoms with E-state index in [1.165, 1.54) is 16.5 Å². The summed E-state index contributed by atoms with van der Waals surface area (Å²) in [5.74, 6) is 0.0585. The normalized spacial score (nSPS) is 12.6. The van der Waals surface area contributed by atoms with E-state index in [4.69, 9.17) is 4.74 Å². The van der Waals surface area contributed by atoms with Crippen LogP contribution in [0.25, 0.3) is 5.78 Å². The number of aromatic nitrogens is 4. The molecule has 1 N–H and O–H groups in total. The van der Waals surface area contributed by atoms with Crippen molar-refractivity contribution < 1.29 is 14.6 Å². The summed E-state index contributed by atoms with van der Waals surface area (Å²) in [5, 5.41) is 13.7. The van der Waals surface area contributed by atoms with Gasteiger partial charge in [0, 0.05) is 32.6 Å². The predicted molar refractivity (Wildman–Crippen MR) is 70.4 cm³/mol. The van der Waals surface area contributed by atoms with Gasteiger partial charge >= 0.3 is 0 Å². The van der Waals surface area contributed by atoms with Crippen LogP contribution in [0.3, 0.4) is 0 Å². The van der Waals surface area contributed by atoms with Crippen LogP contribution < -0.4 is 0 Å². The van der Waals surface area contributed by atoms with Crippen LogP contribution in [-0.2, 0) is 4.74 Å². The minimum absolute atomic E-state index is 0.0546. The van der Waals surface area contributed by atoms with E-state index in [-0.39, 0.29) is 24.9 Å². The molecular formula is C12H17N5O3. The Hall–Kier alpha value is -2.06. The molecule has 0 spiro atoms. The molecule has 8 heteroatoms. The first-order valence-electron chi connectivity index (χ1n) is 6.13. The molecule has 1 unspecified atom stereocenters. The van der Waals surface area contributed by atoms with Crippen molar-refractivity contribution >= 4 is 11.7 Å². The molecule has 8 nitrogen and oxygen atoms in total. The molecule has 20 heavy (non-hydrogen) atoms. The number of rotatable bonds is 5. The Kier molecular flexibility index (Phi) is 4.26. The molecule has 0 aliphatic heterocycles. The lowest BCUT2D eigenvalue weighted by atomic mass is 10.3. The zero-order chi connectivity index (χ0) is 14.7. The van der Waals surface area contributed by atoms with Crippen LogP contribution >= 0.6 is 0 Å². The number of carbonyl (C=O) groups is 1. The van der Waals surface area contributed by atoms with Crippen LogP contribution in [0, 0.1) is 6.92 Å². The molecule has 108 valence electrons. The molecule has 2 aromatic heterocycles. The fourth-order valence-electron chi connectivity index (χ4n) is 1.81. The maximum atomic E-state index is 12.2. The number of likely N-dealkylation sites (N-methyl/N-ethyl adjacent to an activating group) is 1. The highest BCUT2D eigenvalue weighted by molar-refractivity contribution is 5.90. The van der Waals surface area contributed by atoms with Crippen molar-refractivity contribution in [1.82, 2.24) is 24.5 Å². The van der Waals surface area contributed by atoms with E-state index in [2.05, 4.69) is 15.1 Å². The van der Waals surface area contributed by atoms with Crippen LogP contribution in [0.2, 0.25) is 0 Å². The lowest BCUT2D eigenvalue weighted by Crippen LogP contribution is -2.36. The zero-order valence-electron chi connectivity index (χ0n) is 11.6. The second-order valence-electron chi connectivity index (χ2n) is 4.53. The summed E-state index contributed by atoms with van der Waals surface area (Å²) in [6.45, 7) is 2.16. The lowest BCUT2D eigenvalue weighted by Gasteiger charge is -2.18. The molecular weight excluding hydrogens is 262 g/mol. The van der Waals surface area contributed by atoms with Gasteiger partial charge in [0.1, 0.15) is 0 Å². The van der Waals surface area contributed by atoms with Crippen LogP contribution in [0.15, 0.2) is 12.3 Å². The van der Waals surface area contributed by atoms with Crippen LogP contribution in [-0.4, -0.2) is 68.9 Å². The quantitative estimate of drug-likeness (QED) is 0.794. The number of aliphatic hydroxyl groups excluding tert-OH is 1. The SMILES string of the molecule is COCC(O)CN(C)C(=O)c1nc2nccc(C)n2n1. The Bertz CT molecular complexity index is 612. The molecule has 0 bridgehead atoms. The van der Waals surface area contributed by atoms with Gasteiger partial charge in [-0.3, -0.25) is 4.79 Å². The van der Waals surface area contributed by atoms with Gasteiger partial charge < -0.3 is 14.7 Å². The number of carbonyl (C=O) groups excluding carboxylic acids is 1. The number of ether oxygens (including phenoxy) is 1. The van der Waals surface area contributed by atoms with Gasteiger partial charge in [0.15, 0.2) is 0 Å². The Morgan fingerprint density at radius 2 is 2.35 bits per heavy atom. The van der Waals surface area contributed by atoms with Crippen molar-refractivity contribution in [3.05, 3.63) is 23.8 Å². The average Bonchev–Trinajstić information content (AvgIpc) is 2.83. The molecule has 1 atom stereocenters. The highest BCUT2D eigenvalue weighted by Crippen LogP contribution is 2.04. The van der Waals surface area contributed by atoms with E-state index in [1.54, 1.807) is 19.3 Å². The summed E-state index contributed by atoms with van der Waals surface area (Å²) in [6, 6.07) is 1.78. The molecule has 0 radical (unpaired) electrons. The van der Waals surface area contributed by atoms with E-state index < -0.39 is 6.10 Å². The van der Waals surface area contributed by atoms with Gasteiger partial charge in [0.25, 0.3) is 11.7 Å². The van der Waals surface area contributed by atoms with E-state index in [0.717, 1.165) is 5.69 Å². The molecule has 1 amide bonds. The minimum Gasteiger partial charge on any atom is -0.389 e. The number of aliphatic hydroxyl groups is 1. The second-order valence-corrected chi connectivity index (χ2v) is 4.53. The molecule has 0 aliphatic carbocycles. The molecule has 2 aromatic rings. The van der Waals surface area contributed by atoms with Gasteiger partial charge in [-0.15, -0.1) is 5.10 Å². The maximum absolute atomic E-state index is 12.2. The predicted octanol–water partition coefficient (Wildman–Crippen LogP) is -0.488. The van der Waals surface area contributed by atoms with Crippen molar-refractivity contribution in [2.24, 2.45) is 0 Å². The Morgan fingerprint density at radius 3 is 3.00 bits per heavy atom. The van der Waals surface area contributed by atoms with Gasteiger partial charge in [0.2, 0.25) is 5.82 Å². The van der Waals surface area contributed by atoms with Crippen molar-refractivity contribution in [2.75, 3.05) is 27.3 Å². The third kappa shape index (κ3) is 2.91. The lowest BCUT2D eigenvalue weighted by molar-refractivity contribution is 0.0375. The molecule has 0 aliphatic rings. The summed E-state index contributed by atoms with van der Waals surface area (Å²) in [4.78, 5) is 21.7. The summed E-state index contributed by atoms with van der Waals surface area (Å²) < 4.78 is 6.33. The monoisotopic (exact) mass is 279 g/mol. The first-order valence-corrected chi connectivity index (χ1v) is 6.13. The van der Waals surface area contributed by atoms with Gasteiger partial charge in [-0.25, -0.2) is 9.50 Å². The first-order chi connectivity index (χ1) is 9.52. The fourth-order valence-corrected chi connectivity index (χ4v) is 1.81. The number of aryl methyl sites for hydroxylation is 1. The largest absolute Gasteiger partial charge is 0.389 e. The van der Waals surface area contributed by atoms with Crippen molar-refractivity contribution in [3.63, 3.8) is 0 Å². The number of amides is 1. The van der Waals surface area contributed by atoms with Crippen molar-refractivity contribution in [3.8, 4) is 0 Å². The topological polar surface area (TPSA) is 92.9 Å². The standard InChI is InChI=1S/C12H17N5O3/c1-8-4-5-13-12-14-10(15-17(8)12)11(19)16(2)6-9(18)7-20-3/h4-5,9,18H,6-7H2,1-3H3. The van der Waals surface area contributed by atoms with E-state index in [0.29, 0.717) is 5.78 Å². The first kappa shape index (κ1) is 14.4. The Morgan fingerprint density at radius 1 is 1.60 bits per heavy atom. The summed E-state index contributed by atoms with van der Waals surface area (Å²) in [5.41, 5.74) is 0.837. The molecule has 2 heterocycles. The summed E-state index contributed by atoms with van der Waals surface area (Å²) in [6.07, 6.45) is 0.866. The number of hydrogen-bond acceptors (Lipinski definition) is 6. The van der Waals surface area contributed by atoms with E-state index >= 15 is 0 Å². The molecule has 2 rings (SSSR count). The van der Waals surface area contributed by atoms with Crippen LogP contribution in [0.4, 0.5) is 0 Å². The van der Waals surface area contributed by atoms with Gasteiger partial charge in [-0.2, -0.15) is 4.98 Å². The fraction of sp³-hybridized carbons (Fsp3) is 0.500.